The number of likely N-dealkylation sites (tertiary alicyclic amines) is 1. The number of rotatable bonds is 4. The fraction of sp³-hybridized carbons (Fsp3) is 0.846. The molecule has 5 nitrogen and oxygen atoms in total. The number of nitrogens with zero attached hydrogens (tertiary/aromatic N) is 1. The molecule has 0 bridgehead atoms. The fourth-order valence-corrected chi connectivity index (χ4v) is 1.87. The molecule has 0 spiro atoms. The predicted molar refractivity (Wildman–Crippen MR) is 69.3 cm³/mol. The minimum absolute atomic E-state index is 0.235. The number of nitrogens with one attached hydrogen (secondary N) is 1. The lowest BCUT2D eigenvalue weighted by atomic mass is 10.1. The van der Waals surface area contributed by atoms with Crippen molar-refractivity contribution >= 4 is 12.0 Å². The van der Waals surface area contributed by atoms with Crippen molar-refractivity contribution in [2.75, 3.05) is 19.6 Å². The lowest BCUT2D eigenvalue weighted by molar-refractivity contribution is -0.133. The second-order valence-electron chi connectivity index (χ2n) is 5.62. The summed E-state index contributed by atoms with van der Waals surface area (Å²) in [4.78, 5) is 24.8. The number of carbonyl (C=O) groups excluding carboxylic acids is 2. The summed E-state index contributed by atoms with van der Waals surface area (Å²) in [5.41, 5.74) is -0.465. The van der Waals surface area contributed by atoms with Crippen molar-refractivity contribution in [2.24, 2.45) is 0 Å². The van der Waals surface area contributed by atoms with Crippen LogP contribution >= 0.6 is 0 Å². The highest BCUT2D eigenvalue weighted by atomic mass is 16.6. The highest BCUT2D eigenvalue weighted by Gasteiger charge is 2.18. The average Bonchev–Trinajstić information content (AvgIpc) is 2.24. The van der Waals surface area contributed by atoms with Crippen LogP contribution in [0.25, 0.3) is 0 Å². The first-order valence-corrected chi connectivity index (χ1v) is 6.63. The van der Waals surface area contributed by atoms with Gasteiger partial charge in [-0.1, -0.05) is 0 Å². The van der Waals surface area contributed by atoms with Crippen LogP contribution in [0, 0.1) is 0 Å². The maximum Gasteiger partial charge on any atom is 0.407 e. The van der Waals surface area contributed by atoms with Gasteiger partial charge in [0.2, 0.25) is 5.91 Å². The number of piperidine rings is 1. The van der Waals surface area contributed by atoms with Crippen LogP contribution in [0.1, 0.15) is 46.5 Å². The molecule has 1 aliphatic rings. The van der Waals surface area contributed by atoms with Crippen LogP contribution in [0.3, 0.4) is 0 Å². The van der Waals surface area contributed by atoms with Gasteiger partial charge >= 0.3 is 6.09 Å². The highest BCUT2D eigenvalue weighted by molar-refractivity contribution is 5.76. The van der Waals surface area contributed by atoms with Crippen molar-refractivity contribution in [3.8, 4) is 0 Å². The van der Waals surface area contributed by atoms with Crippen LogP contribution < -0.4 is 5.32 Å². The lowest BCUT2D eigenvalue weighted by Gasteiger charge is -2.26. The second kappa shape index (κ2) is 6.61. The minimum atomic E-state index is -0.465. The van der Waals surface area contributed by atoms with Gasteiger partial charge in [-0.3, -0.25) is 4.79 Å². The van der Waals surface area contributed by atoms with Gasteiger partial charge in [0.1, 0.15) is 5.60 Å². The molecule has 2 amide bonds. The first-order chi connectivity index (χ1) is 8.38. The molecule has 0 aromatic rings. The smallest absolute Gasteiger partial charge is 0.407 e. The van der Waals surface area contributed by atoms with Gasteiger partial charge in [-0.15, -0.1) is 0 Å². The molecule has 0 radical (unpaired) electrons. The van der Waals surface area contributed by atoms with Crippen LogP contribution in [0.2, 0.25) is 0 Å². The first kappa shape index (κ1) is 14.8. The maximum absolute atomic E-state index is 11.5. The second-order valence-corrected chi connectivity index (χ2v) is 5.62. The van der Waals surface area contributed by atoms with Crippen molar-refractivity contribution in [1.29, 1.82) is 0 Å². The van der Waals surface area contributed by atoms with Crippen molar-refractivity contribution < 1.29 is 14.3 Å². The summed E-state index contributed by atoms with van der Waals surface area (Å²) in [6, 6.07) is 0. The SMILES string of the molecule is CC(C)(C)OC(=O)NCCCN1CCCCC1=O. The Hall–Kier alpha value is -1.26. The number of amides is 2. The van der Waals surface area contributed by atoms with Gasteiger partial charge in [0.05, 0.1) is 0 Å². The predicted octanol–water partition coefficient (Wildman–Crippen LogP) is 1.91. The molecule has 0 aromatic carbocycles. The molecule has 104 valence electrons. The van der Waals surface area contributed by atoms with Crippen LogP contribution in [0.4, 0.5) is 4.79 Å². The number of ether oxygens (including phenoxy) is 1. The topological polar surface area (TPSA) is 58.6 Å². The largest absolute Gasteiger partial charge is 0.444 e. The molecular weight excluding hydrogens is 232 g/mol. The van der Waals surface area contributed by atoms with E-state index < -0.39 is 11.7 Å². The van der Waals surface area contributed by atoms with E-state index in [0.29, 0.717) is 19.5 Å². The van der Waals surface area contributed by atoms with Gasteiger partial charge in [0, 0.05) is 26.1 Å². The number of alkyl carbamates (subject to hydrolysis) is 1. The van der Waals surface area contributed by atoms with E-state index in [1.54, 1.807) is 0 Å². The normalized spacial score (nSPS) is 16.6. The van der Waals surface area contributed by atoms with Crippen molar-refractivity contribution in [3.05, 3.63) is 0 Å². The zero-order chi connectivity index (χ0) is 13.6. The average molecular weight is 256 g/mol. The van der Waals surface area contributed by atoms with Crippen molar-refractivity contribution in [3.63, 3.8) is 0 Å². The summed E-state index contributed by atoms with van der Waals surface area (Å²) in [7, 11) is 0. The van der Waals surface area contributed by atoms with Gasteiger partial charge in [-0.05, 0) is 40.0 Å². The van der Waals surface area contributed by atoms with E-state index >= 15 is 0 Å². The van der Waals surface area contributed by atoms with Gasteiger partial charge in [0.15, 0.2) is 0 Å². The van der Waals surface area contributed by atoms with Crippen LogP contribution in [0.5, 0.6) is 0 Å². The van der Waals surface area contributed by atoms with Crippen LogP contribution in [-0.4, -0.2) is 42.1 Å². The minimum Gasteiger partial charge on any atom is -0.444 e. The summed E-state index contributed by atoms with van der Waals surface area (Å²) in [5.74, 6) is 0.235. The third-order valence-corrected chi connectivity index (χ3v) is 2.69. The number of hydrogen-bond donors (Lipinski definition) is 1. The number of hydrogen-bond acceptors (Lipinski definition) is 3. The molecule has 0 atom stereocenters. The molecule has 1 saturated heterocycles. The standard InChI is InChI=1S/C13H24N2O3/c1-13(2,3)18-12(17)14-8-6-10-15-9-5-4-7-11(15)16/h4-10H2,1-3H3,(H,14,17). The van der Waals surface area contributed by atoms with E-state index in [9.17, 15) is 9.59 Å². The molecule has 1 heterocycles. The maximum atomic E-state index is 11.5. The first-order valence-electron chi connectivity index (χ1n) is 6.63. The van der Waals surface area contributed by atoms with E-state index in [0.717, 1.165) is 25.8 Å². The highest BCUT2D eigenvalue weighted by Crippen LogP contribution is 2.10. The molecule has 1 fully saturated rings. The summed E-state index contributed by atoms with van der Waals surface area (Å²) >= 11 is 0. The molecule has 0 aromatic heterocycles. The summed E-state index contributed by atoms with van der Waals surface area (Å²) in [5, 5.41) is 2.69. The van der Waals surface area contributed by atoms with Crippen molar-refractivity contribution in [2.45, 2.75) is 52.1 Å². The summed E-state index contributed by atoms with van der Waals surface area (Å²) in [6.45, 7) is 7.61. The Morgan fingerprint density at radius 2 is 2.11 bits per heavy atom. The Morgan fingerprint density at radius 3 is 2.72 bits per heavy atom. The van der Waals surface area contributed by atoms with E-state index in [1.165, 1.54) is 0 Å². The lowest BCUT2D eigenvalue weighted by Crippen LogP contribution is -2.38. The molecule has 0 unspecified atom stereocenters. The molecule has 1 aliphatic heterocycles. The van der Waals surface area contributed by atoms with Gasteiger partial charge in [-0.2, -0.15) is 0 Å². The molecule has 5 heteroatoms. The van der Waals surface area contributed by atoms with Gasteiger partial charge in [-0.25, -0.2) is 4.79 Å². The third kappa shape index (κ3) is 5.89. The van der Waals surface area contributed by atoms with E-state index in [-0.39, 0.29) is 5.91 Å². The Morgan fingerprint density at radius 1 is 1.39 bits per heavy atom. The molecule has 0 saturated carbocycles. The molecule has 1 N–H and O–H groups in total. The monoisotopic (exact) mass is 256 g/mol. The summed E-state index contributed by atoms with van der Waals surface area (Å²) in [6.07, 6.45) is 3.13. The van der Waals surface area contributed by atoms with E-state index in [4.69, 9.17) is 4.74 Å². The molecule has 18 heavy (non-hydrogen) atoms. The molecule has 0 aliphatic carbocycles. The van der Waals surface area contributed by atoms with Crippen LogP contribution in [0.15, 0.2) is 0 Å². The van der Waals surface area contributed by atoms with Crippen LogP contribution in [-0.2, 0) is 9.53 Å². The zero-order valence-electron chi connectivity index (χ0n) is 11.6. The van der Waals surface area contributed by atoms with Gasteiger partial charge < -0.3 is 15.0 Å². The fourth-order valence-electron chi connectivity index (χ4n) is 1.87. The van der Waals surface area contributed by atoms with Crippen molar-refractivity contribution in [1.82, 2.24) is 10.2 Å². The Bertz CT molecular complexity index is 297. The number of carbonyl (C=O) groups is 2. The molecular formula is C13H24N2O3. The van der Waals surface area contributed by atoms with E-state index in [2.05, 4.69) is 5.32 Å². The zero-order valence-corrected chi connectivity index (χ0v) is 11.6. The quantitative estimate of drug-likeness (QED) is 0.782. The Balaban J connectivity index is 2.11. The van der Waals surface area contributed by atoms with Gasteiger partial charge in [0.25, 0.3) is 0 Å². The molecule has 1 rings (SSSR count). The third-order valence-electron chi connectivity index (χ3n) is 2.69. The summed E-state index contributed by atoms with van der Waals surface area (Å²) < 4.78 is 5.12. The van der Waals surface area contributed by atoms with E-state index in [1.807, 2.05) is 25.7 Å². The Kier molecular flexibility index (Phi) is 5.44. The Labute approximate surface area is 109 Å².